The van der Waals surface area contributed by atoms with E-state index in [0.29, 0.717) is 17.8 Å². The number of hydrogen-bond acceptors (Lipinski definition) is 4. The second kappa shape index (κ2) is 10.4. The highest BCUT2D eigenvalue weighted by atomic mass is 127. The lowest BCUT2D eigenvalue weighted by molar-refractivity contribution is 0.293. The molecular weight excluding hydrogens is 459 g/mol. The van der Waals surface area contributed by atoms with Gasteiger partial charge in [0.25, 0.3) is 0 Å². The Kier molecular flexibility index (Phi) is 9.68. The van der Waals surface area contributed by atoms with E-state index in [9.17, 15) is 8.42 Å². The van der Waals surface area contributed by atoms with Gasteiger partial charge in [-0.15, -0.1) is 24.0 Å². The predicted molar refractivity (Wildman–Crippen MR) is 114 cm³/mol. The molecule has 0 atom stereocenters. The molecule has 1 aliphatic carbocycles. The number of sulfonamides is 1. The molecule has 0 unspecified atom stereocenters. The van der Waals surface area contributed by atoms with Gasteiger partial charge in [0.1, 0.15) is 0 Å². The van der Waals surface area contributed by atoms with E-state index >= 15 is 0 Å². The average Bonchev–Trinajstić information content (AvgIpc) is 2.55. The topological polar surface area (TPSA) is 73.8 Å². The molecule has 24 heavy (non-hydrogen) atoms. The highest BCUT2D eigenvalue weighted by Gasteiger charge is 2.38. The van der Waals surface area contributed by atoms with Crippen LogP contribution in [0.15, 0.2) is 4.99 Å². The molecule has 0 amide bonds. The first kappa shape index (κ1) is 22.3. The standard InChI is InChI=1S/C15H30N4O2S2.HI/c1-3-23(20,21)18-10-9-17-14(16-2)19-11-12-22-15(13-19)7-5-4-6-8-15;/h18H,3-13H2,1-2H3,(H,16,17);1H. The lowest BCUT2D eigenvalue weighted by atomic mass is 9.87. The van der Waals surface area contributed by atoms with E-state index in [4.69, 9.17) is 0 Å². The van der Waals surface area contributed by atoms with Crippen LogP contribution in [-0.4, -0.2) is 68.8 Å². The van der Waals surface area contributed by atoms with Crippen LogP contribution in [-0.2, 0) is 10.0 Å². The zero-order chi connectivity index (χ0) is 16.8. The van der Waals surface area contributed by atoms with Crippen molar-refractivity contribution >= 4 is 51.7 Å². The van der Waals surface area contributed by atoms with Crippen LogP contribution in [0.1, 0.15) is 39.0 Å². The minimum atomic E-state index is -3.12. The lowest BCUT2D eigenvalue weighted by Gasteiger charge is -2.45. The molecule has 0 aromatic rings. The van der Waals surface area contributed by atoms with E-state index in [2.05, 4.69) is 31.7 Å². The van der Waals surface area contributed by atoms with Gasteiger partial charge in [0.05, 0.1) is 5.75 Å². The smallest absolute Gasteiger partial charge is 0.211 e. The summed E-state index contributed by atoms with van der Waals surface area (Å²) in [6.45, 7) is 4.65. The number of aliphatic imine (C=N–C) groups is 1. The van der Waals surface area contributed by atoms with Crippen molar-refractivity contribution in [2.75, 3.05) is 44.7 Å². The van der Waals surface area contributed by atoms with Crippen molar-refractivity contribution in [2.24, 2.45) is 4.99 Å². The van der Waals surface area contributed by atoms with Gasteiger partial charge in [-0.1, -0.05) is 19.3 Å². The maximum Gasteiger partial charge on any atom is 0.211 e. The summed E-state index contributed by atoms with van der Waals surface area (Å²) < 4.78 is 25.9. The van der Waals surface area contributed by atoms with Crippen molar-refractivity contribution in [1.29, 1.82) is 0 Å². The van der Waals surface area contributed by atoms with Gasteiger partial charge in [0, 0.05) is 43.7 Å². The van der Waals surface area contributed by atoms with Gasteiger partial charge in [0.15, 0.2) is 5.96 Å². The monoisotopic (exact) mass is 490 g/mol. The maximum atomic E-state index is 11.4. The molecule has 1 heterocycles. The van der Waals surface area contributed by atoms with Crippen molar-refractivity contribution in [3.8, 4) is 0 Å². The molecule has 2 fully saturated rings. The summed E-state index contributed by atoms with van der Waals surface area (Å²) in [6, 6.07) is 0. The molecule has 6 nitrogen and oxygen atoms in total. The summed E-state index contributed by atoms with van der Waals surface area (Å²) in [6.07, 6.45) is 6.66. The Bertz CT molecular complexity index is 502. The quantitative estimate of drug-likeness (QED) is 0.267. The van der Waals surface area contributed by atoms with Crippen LogP contribution >= 0.6 is 35.7 Å². The van der Waals surface area contributed by atoms with E-state index in [1.807, 2.05) is 0 Å². The molecule has 2 rings (SSSR count). The normalized spacial score (nSPS) is 21.4. The largest absolute Gasteiger partial charge is 0.355 e. The fourth-order valence-corrected chi connectivity index (χ4v) is 5.53. The van der Waals surface area contributed by atoms with Crippen LogP contribution in [0, 0.1) is 0 Å². The first-order chi connectivity index (χ1) is 11.0. The Labute approximate surface area is 168 Å². The van der Waals surface area contributed by atoms with Crippen molar-refractivity contribution in [2.45, 2.75) is 43.8 Å². The SMILES string of the molecule is CCS(=O)(=O)NCCNC(=NC)N1CCSC2(CCCCC2)C1.I. The Balaban J connectivity index is 0.00000288. The van der Waals surface area contributed by atoms with Crippen molar-refractivity contribution in [3.05, 3.63) is 0 Å². The molecule has 9 heteroatoms. The summed E-state index contributed by atoms with van der Waals surface area (Å²) in [5.41, 5.74) is 0. The van der Waals surface area contributed by atoms with E-state index in [-0.39, 0.29) is 29.7 Å². The third-order valence-electron chi connectivity index (χ3n) is 4.63. The predicted octanol–water partition coefficient (Wildman–Crippen LogP) is 1.87. The van der Waals surface area contributed by atoms with Gasteiger partial charge in [-0.05, 0) is 19.8 Å². The molecular formula is C15H31IN4O2S2. The average molecular weight is 490 g/mol. The number of nitrogens with zero attached hydrogens (tertiary/aromatic N) is 2. The lowest BCUT2D eigenvalue weighted by Crippen LogP contribution is -2.54. The molecule has 0 aromatic carbocycles. The maximum absolute atomic E-state index is 11.4. The molecule has 2 N–H and O–H groups in total. The highest BCUT2D eigenvalue weighted by Crippen LogP contribution is 2.42. The molecule has 1 saturated carbocycles. The minimum Gasteiger partial charge on any atom is -0.355 e. The number of thioether (sulfide) groups is 1. The fraction of sp³-hybridized carbons (Fsp3) is 0.933. The third-order valence-corrected chi connectivity index (χ3v) is 7.58. The van der Waals surface area contributed by atoms with Gasteiger partial charge in [-0.3, -0.25) is 4.99 Å². The number of rotatable bonds is 5. The summed E-state index contributed by atoms with van der Waals surface area (Å²) >= 11 is 2.14. The number of guanidine groups is 1. The molecule has 0 aromatic heterocycles. The Hall–Kier alpha value is 0.260. The van der Waals surface area contributed by atoms with E-state index < -0.39 is 10.0 Å². The summed E-state index contributed by atoms with van der Waals surface area (Å²) in [5, 5.41) is 3.30. The van der Waals surface area contributed by atoms with Crippen LogP contribution in [0.4, 0.5) is 0 Å². The van der Waals surface area contributed by atoms with Gasteiger partial charge in [0.2, 0.25) is 10.0 Å². The van der Waals surface area contributed by atoms with Crippen molar-refractivity contribution < 1.29 is 8.42 Å². The molecule has 1 spiro atoms. The molecule has 0 bridgehead atoms. The third kappa shape index (κ3) is 6.53. The first-order valence-electron chi connectivity index (χ1n) is 8.57. The Morgan fingerprint density at radius 1 is 1.25 bits per heavy atom. The number of halogens is 1. The first-order valence-corrected chi connectivity index (χ1v) is 11.2. The van der Waals surface area contributed by atoms with Crippen LogP contribution < -0.4 is 10.0 Å². The summed E-state index contributed by atoms with van der Waals surface area (Å²) in [5.74, 6) is 2.16. The summed E-state index contributed by atoms with van der Waals surface area (Å²) in [7, 11) is -1.32. The molecule has 2 aliphatic rings. The van der Waals surface area contributed by atoms with Crippen molar-refractivity contribution in [1.82, 2.24) is 14.9 Å². The number of nitrogens with one attached hydrogen (secondary N) is 2. The van der Waals surface area contributed by atoms with Crippen molar-refractivity contribution in [3.63, 3.8) is 0 Å². The zero-order valence-corrected chi connectivity index (χ0v) is 18.7. The molecule has 142 valence electrons. The molecule has 1 saturated heterocycles. The fourth-order valence-electron chi connectivity index (χ4n) is 3.34. The molecule has 0 radical (unpaired) electrons. The van der Waals surface area contributed by atoms with Crippen LogP contribution in [0.25, 0.3) is 0 Å². The minimum absolute atomic E-state index is 0. The van der Waals surface area contributed by atoms with Gasteiger partial charge in [-0.2, -0.15) is 11.8 Å². The van der Waals surface area contributed by atoms with E-state index in [1.54, 1.807) is 14.0 Å². The van der Waals surface area contributed by atoms with E-state index in [1.165, 1.54) is 32.1 Å². The second-order valence-electron chi connectivity index (χ2n) is 6.29. The van der Waals surface area contributed by atoms with Crippen LogP contribution in [0.5, 0.6) is 0 Å². The van der Waals surface area contributed by atoms with Gasteiger partial charge in [-0.25, -0.2) is 13.1 Å². The van der Waals surface area contributed by atoms with Gasteiger partial charge < -0.3 is 10.2 Å². The molecule has 1 aliphatic heterocycles. The van der Waals surface area contributed by atoms with Crippen LogP contribution in [0.3, 0.4) is 0 Å². The zero-order valence-electron chi connectivity index (χ0n) is 14.7. The Morgan fingerprint density at radius 3 is 2.58 bits per heavy atom. The van der Waals surface area contributed by atoms with E-state index in [0.717, 1.165) is 24.8 Å². The number of hydrogen-bond donors (Lipinski definition) is 2. The second-order valence-corrected chi connectivity index (χ2v) is 9.94. The van der Waals surface area contributed by atoms with Crippen LogP contribution in [0.2, 0.25) is 0 Å². The Morgan fingerprint density at radius 2 is 1.96 bits per heavy atom. The summed E-state index contributed by atoms with van der Waals surface area (Å²) in [4.78, 5) is 6.73. The van der Waals surface area contributed by atoms with Gasteiger partial charge >= 0.3 is 0 Å². The highest BCUT2D eigenvalue weighted by molar-refractivity contribution is 14.0.